The highest BCUT2D eigenvalue weighted by Gasteiger charge is 2.16. The summed E-state index contributed by atoms with van der Waals surface area (Å²) in [6.45, 7) is 3.75. The lowest BCUT2D eigenvalue weighted by molar-refractivity contribution is -0.116. The summed E-state index contributed by atoms with van der Waals surface area (Å²) in [5.41, 5.74) is 4.89. The zero-order valence-corrected chi connectivity index (χ0v) is 13.0. The number of benzene rings is 2. The normalized spacial score (nSPS) is 14.0. The molecule has 2 aromatic carbocycles. The molecule has 1 amide bonds. The molecule has 0 aromatic heterocycles. The third kappa shape index (κ3) is 3.14. The van der Waals surface area contributed by atoms with Crippen LogP contribution in [0.3, 0.4) is 0 Å². The fourth-order valence-corrected chi connectivity index (χ4v) is 2.61. The van der Waals surface area contributed by atoms with Gasteiger partial charge in [-0.2, -0.15) is 0 Å². The Balaban J connectivity index is 1.78. The smallest absolute Gasteiger partial charge is 0.251 e. The van der Waals surface area contributed by atoms with Gasteiger partial charge in [0.15, 0.2) is 0 Å². The first-order valence-corrected chi connectivity index (χ1v) is 7.47. The van der Waals surface area contributed by atoms with E-state index in [-0.39, 0.29) is 5.91 Å². The molecule has 0 aliphatic carbocycles. The molecule has 0 atom stereocenters. The SMILES string of the molecule is C=C1C=C(Cc2ccc(-c3ccc(Br)cc3)cc2)C(=O)N1. The average Bonchev–Trinajstić information content (AvgIpc) is 2.79. The van der Waals surface area contributed by atoms with E-state index < -0.39 is 0 Å². The van der Waals surface area contributed by atoms with Crippen LogP contribution in [0.2, 0.25) is 0 Å². The number of allylic oxidation sites excluding steroid dienone is 1. The summed E-state index contributed by atoms with van der Waals surface area (Å²) < 4.78 is 1.07. The number of nitrogens with one attached hydrogen (secondary N) is 1. The second kappa shape index (κ2) is 5.70. The second-order valence-corrected chi connectivity index (χ2v) is 5.95. The maximum Gasteiger partial charge on any atom is 0.251 e. The molecule has 0 bridgehead atoms. The largest absolute Gasteiger partial charge is 0.323 e. The van der Waals surface area contributed by atoms with Gasteiger partial charge in [0.05, 0.1) is 0 Å². The minimum Gasteiger partial charge on any atom is -0.323 e. The number of carbonyl (C=O) groups is 1. The van der Waals surface area contributed by atoms with Crippen molar-refractivity contribution >= 4 is 21.8 Å². The third-order valence-electron chi connectivity index (χ3n) is 3.44. The van der Waals surface area contributed by atoms with E-state index in [0.717, 1.165) is 15.6 Å². The van der Waals surface area contributed by atoms with Crippen molar-refractivity contribution in [2.45, 2.75) is 6.42 Å². The van der Waals surface area contributed by atoms with Crippen molar-refractivity contribution in [2.24, 2.45) is 0 Å². The molecule has 0 saturated heterocycles. The molecule has 2 nitrogen and oxygen atoms in total. The van der Waals surface area contributed by atoms with Crippen LogP contribution in [0.25, 0.3) is 11.1 Å². The lowest BCUT2D eigenvalue weighted by Crippen LogP contribution is -2.16. The molecule has 0 unspecified atom stereocenters. The summed E-state index contributed by atoms with van der Waals surface area (Å²) in [6, 6.07) is 16.5. The Bertz CT molecular complexity index is 727. The highest BCUT2D eigenvalue weighted by atomic mass is 79.9. The Morgan fingerprint density at radius 2 is 1.52 bits per heavy atom. The Hall–Kier alpha value is -2.13. The van der Waals surface area contributed by atoms with Crippen molar-refractivity contribution in [3.63, 3.8) is 0 Å². The van der Waals surface area contributed by atoms with Gasteiger partial charge in [-0.05, 0) is 34.9 Å². The molecule has 0 fully saturated rings. The van der Waals surface area contributed by atoms with Gasteiger partial charge in [-0.3, -0.25) is 4.79 Å². The molecule has 2 aromatic rings. The van der Waals surface area contributed by atoms with E-state index in [1.54, 1.807) is 0 Å². The first kappa shape index (κ1) is 13.8. The molecule has 3 rings (SSSR count). The van der Waals surface area contributed by atoms with Crippen LogP contribution >= 0.6 is 15.9 Å². The van der Waals surface area contributed by atoms with E-state index in [4.69, 9.17) is 0 Å². The van der Waals surface area contributed by atoms with Crippen molar-refractivity contribution in [1.29, 1.82) is 0 Å². The Morgan fingerprint density at radius 1 is 0.952 bits per heavy atom. The highest BCUT2D eigenvalue weighted by Crippen LogP contribution is 2.23. The zero-order chi connectivity index (χ0) is 14.8. The molecule has 21 heavy (non-hydrogen) atoms. The summed E-state index contributed by atoms with van der Waals surface area (Å²) in [5, 5.41) is 2.70. The van der Waals surface area contributed by atoms with Crippen LogP contribution in [0, 0.1) is 0 Å². The lowest BCUT2D eigenvalue weighted by Gasteiger charge is -2.05. The van der Waals surface area contributed by atoms with E-state index in [2.05, 4.69) is 64.2 Å². The van der Waals surface area contributed by atoms with Gasteiger partial charge in [0.25, 0.3) is 5.91 Å². The van der Waals surface area contributed by atoms with Gasteiger partial charge in [-0.1, -0.05) is 58.9 Å². The Morgan fingerprint density at radius 3 is 2.05 bits per heavy atom. The lowest BCUT2D eigenvalue weighted by atomic mass is 10.0. The summed E-state index contributed by atoms with van der Waals surface area (Å²) in [7, 11) is 0. The molecule has 0 radical (unpaired) electrons. The van der Waals surface area contributed by atoms with E-state index in [1.807, 2.05) is 18.2 Å². The molecular weight excluding hydrogens is 326 g/mol. The molecule has 1 aliphatic rings. The van der Waals surface area contributed by atoms with Gasteiger partial charge in [0.2, 0.25) is 0 Å². The van der Waals surface area contributed by atoms with Crippen LogP contribution in [-0.2, 0) is 11.2 Å². The highest BCUT2D eigenvalue weighted by molar-refractivity contribution is 9.10. The standard InChI is InChI=1S/C18H14BrNO/c1-12-10-16(18(21)20-12)11-13-2-4-14(5-3-13)15-6-8-17(19)9-7-15/h2-10H,1,11H2,(H,20,21). The minimum atomic E-state index is -0.0445. The van der Waals surface area contributed by atoms with Crippen molar-refractivity contribution < 1.29 is 4.79 Å². The minimum absolute atomic E-state index is 0.0445. The topological polar surface area (TPSA) is 29.1 Å². The Kier molecular flexibility index (Phi) is 3.76. The van der Waals surface area contributed by atoms with Gasteiger partial charge >= 0.3 is 0 Å². The van der Waals surface area contributed by atoms with Gasteiger partial charge in [-0.25, -0.2) is 0 Å². The molecule has 1 heterocycles. The van der Waals surface area contributed by atoms with Crippen LogP contribution in [0.5, 0.6) is 0 Å². The molecular formula is C18H14BrNO. The molecule has 1 N–H and O–H groups in total. The van der Waals surface area contributed by atoms with E-state index in [0.29, 0.717) is 12.1 Å². The predicted molar refractivity (Wildman–Crippen MR) is 88.6 cm³/mol. The third-order valence-corrected chi connectivity index (χ3v) is 3.97. The molecule has 104 valence electrons. The van der Waals surface area contributed by atoms with Crippen molar-refractivity contribution in [3.05, 3.63) is 82.5 Å². The van der Waals surface area contributed by atoms with Crippen LogP contribution in [0.15, 0.2) is 76.9 Å². The summed E-state index contributed by atoms with van der Waals surface area (Å²) in [4.78, 5) is 11.7. The van der Waals surface area contributed by atoms with Crippen molar-refractivity contribution in [1.82, 2.24) is 5.32 Å². The zero-order valence-electron chi connectivity index (χ0n) is 11.4. The fourth-order valence-electron chi connectivity index (χ4n) is 2.35. The summed E-state index contributed by atoms with van der Waals surface area (Å²) in [5.74, 6) is -0.0445. The van der Waals surface area contributed by atoms with Crippen molar-refractivity contribution in [2.75, 3.05) is 0 Å². The quantitative estimate of drug-likeness (QED) is 0.890. The number of hydrogen-bond acceptors (Lipinski definition) is 1. The monoisotopic (exact) mass is 339 g/mol. The Labute approximate surface area is 132 Å². The van der Waals surface area contributed by atoms with Gasteiger partial charge in [-0.15, -0.1) is 0 Å². The summed E-state index contributed by atoms with van der Waals surface area (Å²) in [6.07, 6.45) is 2.44. The molecule has 1 aliphatic heterocycles. The molecule has 3 heteroatoms. The summed E-state index contributed by atoms with van der Waals surface area (Å²) >= 11 is 3.44. The van der Waals surface area contributed by atoms with E-state index >= 15 is 0 Å². The van der Waals surface area contributed by atoms with Gasteiger partial charge in [0, 0.05) is 22.2 Å². The number of halogens is 1. The van der Waals surface area contributed by atoms with E-state index in [1.165, 1.54) is 11.1 Å². The first-order chi connectivity index (χ1) is 10.1. The van der Waals surface area contributed by atoms with Crippen LogP contribution in [0.1, 0.15) is 5.56 Å². The number of carbonyl (C=O) groups excluding carboxylic acids is 1. The predicted octanol–water partition coefficient (Wildman–Crippen LogP) is 4.23. The number of rotatable bonds is 3. The van der Waals surface area contributed by atoms with Crippen LogP contribution in [0.4, 0.5) is 0 Å². The van der Waals surface area contributed by atoms with E-state index in [9.17, 15) is 4.79 Å². The fraction of sp³-hybridized carbons (Fsp3) is 0.0556. The number of amides is 1. The van der Waals surface area contributed by atoms with Crippen LogP contribution < -0.4 is 5.32 Å². The first-order valence-electron chi connectivity index (χ1n) is 6.67. The maximum absolute atomic E-state index is 11.7. The maximum atomic E-state index is 11.7. The molecule has 0 saturated carbocycles. The van der Waals surface area contributed by atoms with Gasteiger partial charge < -0.3 is 5.32 Å². The van der Waals surface area contributed by atoms with Gasteiger partial charge in [0.1, 0.15) is 0 Å². The van der Waals surface area contributed by atoms with Crippen LogP contribution in [-0.4, -0.2) is 5.91 Å². The number of hydrogen-bond donors (Lipinski definition) is 1. The second-order valence-electron chi connectivity index (χ2n) is 5.03. The average molecular weight is 340 g/mol. The van der Waals surface area contributed by atoms with Crippen molar-refractivity contribution in [3.8, 4) is 11.1 Å². The molecule has 0 spiro atoms.